The van der Waals surface area contributed by atoms with Gasteiger partial charge in [0.15, 0.2) is 0 Å². The SMILES string of the molecule is O.O.O.O.O=C(N/N=C/c1ccccc1[O-])NC12CC3CC(CC(C3)C1)C2.O=C(N/N=C/c1ccccc1[O-])NC12CC3CC(CC(C3)C1)C2.[Cl-].[Cl-].[Cu+2].[Cu+2]. The standard InChI is InChI=1S/2C18H23N3O2.2ClH.2Cu.4H2O/c2*22-16-4-2-1-3-15(16)11-19-21-17(23)20-18-8-12-5-13(9-18)7-14(6-12)10-18;;;;;;;;/h2*1-4,11-14,22H,5-10H2,(H2,20,21,23);2*1H;;;4*1H2/q;;;;2*+2;;;;/p-4/b2*19-11+;;;;;;;;. The summed E-state index contributed by atoms with van der Waals surface area (Å²) in [4.78, 5) is 24.4. The van der Waals surface area contributed by atoms with E-state index in [9.17, 15) is 19.8 Å². The minimum Gasteiger partial charge on any atom is -1.00 e. The van der Waals surface area contributed by atoms with Crippen molar-refractivity contribution < 1.29 is 101 Å². The van der Waals surface area contributed by atoms with Crippen molar-refractivity contribution >= 4 is 24.5 Å². The zero-order chi connectivity index (χ0) is 31.7. The van der Waals surface area contributed by atoms with Crippen LogP contribution in [0.25, 0.3) is 0 Å². The molecular formula is C36H52Cl2Cu2N6O8. The molecule has 10 rings (SSSR count). The molecule has 8 fully saturated rings. The fourth-order valence-electron chi connectivity index (χ4n) is 10.6. The van der Waals surface area contributed by atoms with E-state index in [4.69, 9.17) is 0 Å². The van der Waals surface area contributed by atoms with Crippen LogP contribution >= 0.6 is 0 Å². The van der Waals surface area contributed by atoms with Gasteiger partial charge in [-0.25, -0.2) is 20.4 Å². The normalized spacial score (nSPS) is 29.6. The fraction of sp³-hybridized carbons (Fsp3) is 0.556. The first-order valence-electron chi connectivity index (χ1n) is 17.0. The molecule has 0 aromatic heterocycles. The smallest absolute Gasteiger partial charge is 1.00 e. The van der Waals surface area contributed by atoms with Gasteiger partial charge in [0.1, 0.15) is 0 Å². The summed E-state index contributed by atoms with van der Waals surface area (Å²) in [5, 5.41) is 37.3. The van der Waals surface area contributed by atoms with Crippen LogP contribution in [0.4, 0.5) is 9.59 Å². The maximum absolute atomic E-state index is 12.2. The third-order valence-electron chi connectivity index (χ3n) is 11.4. The summed E-state index contributed by atoms with van der Waals surface area (Å²) in [5.41, 5.74) is 5.93. The largest absolute Gasteiger partial charge is 2.00 e. The van der Waals surface area contributed by atoms with Gasteiger partial charge in [-0.05, 0) is 124 Å². The molecule has 0 atom stereocenters. The predicted molar refractivity (Wildman–Crippen MR) is 187 cm³/mol. The van der Waals surface area contributed by atoms with Gasteiger partial charge in [-0.2, -0.15) is 10.2 Å². The number of nitrogens with zero attached hydrogens (tertiary/aromatic N) is 2. The van der Waals surface area contributed by atoms with Crippen LogP contribution in [0.2, 0.25) is 0 Å². The molecule has 2 aromatic rings. The molecule has 0 saturated heterocycles. The number of hydrogen-bond acceptors (Lipinski definition) is 6. The van der Waals surface area contributed by atoms with Crippen LogP contribution in [0.1, 0.15) is 88.2 Å². The van der Waals surface area contributed by atoms with E-state index in [1.807, 2.05) is 0 Å². The molecule has 4 amide bonds. The van der Waals surface area contributed by atoms with E-state index in [1.165, 1.54) is 63.1 Å². The van der Waals surface area contributed by atoms with Crippen molar-refractivity contribution in [3.8, 4) is 11.5 Å². The second-order valence-corrected chi connectivity index (χ2v) is 15.1. The first kappa shape index (κ1) is 53.5. The van der Waals surface area contributed by atoms with Crippen molar-refractivity contribution in [3.05, 3.63) is 59.7 Å². The number of halogens is 2. The number of amides is 4. The van der Waals surface area contributed by atoms with Crippen LogP contribution in [-0.2, 0) is 34.1 Å². The Balaban J connectivity index is 0. The minimum absolute atomic E-state index is 0. The summed E-state index contributed by atoms with van der Waals surface area (Å²) in [6.45, 7) is 0. The summed E-state index contributed by atoms with van der Waals surface area (Å²) < 4.78 is 0. The van der Waals surface area contributed by atoms with Crippen molar-refractivity contribution in [2.75, 3.05) is 0 Å². The number of urea groups is 2. The zero-order valence-electron chi connectivity index (χ0n) is 29.6. The Bertz CT molecular complexity index is 1360. The Morgan fingerprint density at radius 1 is 0.537 bits per heavy atom. The molecule has 54 heavy (non-hydrogen) atoms. The van der Waals surface area contributed by atoms with E-state index in [-0.39, 0.29) is 115 Å². The number of nitrogens with one attached hydrogen (secondary N) is 4. The predicted octanol–water partition coefficient (Wildman–Crippen LogP) is -4.57. The third-order valence-corrected chi connectivity index (χ3v) is 11.4. The monoisotopic (exact) mass is 892 g/mol. The molecule has 8 bridgehead atoms. The average molecular weight is 895 g/mol. The van der Waals surface area contributed by atoms with Crippen molar-refractivity contribution in [2.24, 2.45) is 45.7 Å². The van der Waals surface area contributed by atoms with Gasteiger partial charge in [0.05, 0.1) is 12.4 Å². The molecule has 18 heteroatoms. The molecule has 310 valence electrons. The summed E-state index contributed by atoms with van der Waals surface area (Å²) in [6.07, 6.45) is 17.6. The molecular weight excluding hydrogens is 842 g/mol. The molecule has 0 heterocycles. The third kappa shape index (κ3) is 12.7. The van der Waals surface area contributed by atoms with Crippen LogP contribution in [0.3, 0.4) is 0 Å². The Morgan fingerprint density at radius 2 is 0.796 bits per heavy atom. The molecule has 2 radical (unpaired) electrons. The van der Waals surface area contributed by atoms with Crippen molar-refractivity contribution in [2.45, 2.75) is 88.1 Å². The number of para-hydroxylation sites is 2. The van der Waals surface area contributed by atoms with Gasteiger partial charge in [0.2, 0.25) is 0 Å². The van der Waals surface area contributed by atoms with Crippen molar-refractivity contribution in [1.29, 1.82) is 0 Å². The second kappa shape index (κ2) is 22.8. The number of carbonyl (C=O) groups is 2. The van der Waals surface area contributed by atoms with Gasteiger partial charge in [0.25, 0.3) is 0 Å². The number of hydrazone groups is 2. The van der Waals surface area contributed by atoms with Crippen molar-refractivity contribution in [3.63, 3.8) is 0 Å². The first-order chi connectivity index (χ1) is 22.2. The van der Waals surface area contributed by atoms with Crippen LogP contribution in [0.15, 0.2) is 58.7 Å². The maximum atomic E-state index is 12.2. The molecule has 14 nitrogen and oxygen atoms in total. The Kier molecular flexibility index (Phi) is 22.6. The molecule has 8 saturated carbocycles. The first-order valence-corrected chi connectivity index (χ1v) is 17.0. The maximum Gasteiger partial charge on any atom is 2.00 e. The molecule has 2 aromatic carbocycles. The van der Waals surface area contributed by atoms with Gasteiger partial charge >= 0.3 is 46.2 Å². The number of rotatable bonds is 6. The molecule has 0 unspecified atom stereocenters. The van der Waals surface area contributed by atoms with Crippen LogP contribution in [0, 0.1) is 35.5 Å². The van der Waals surface area contributed by atoms with Gasteiger partial charge in [-0.3, -0.25) is 0 Å². The average Bonchev–Trinajstić information content (AvgIpc) is 2.97. The topological polar surface area (TPSA) is 279 Å². The molecule has 12 N–H and O–H groups in total. The summed E-state index contributed by atoms with van der Waals surface area (Å²) in [5.74, 6) is 4.54. The fourth-order valence-corrected chi connectivity index (χ4v) is 10.6. The van der Waals surface area contributed by atoms with E-state index in [2.05, 4.69) is 31.7 Å². The number of hydrogen-bond donors (Lipinski definition) is 4. The molecule has 8 aliphatic carbocycles. The quantitative estimate of drug-likeness (QED) is 0.127. The zero-order valence-corrected chi connectivity index (χ0v) is 33.0. The van der Waals surface area contributed by atoms with E-state index in [1.54, 1.807) is 36.4 Å². The Hall–Kier alpha value is -2.62. The van der Waals surface area contributed by atoms with E-state index < -0.39 is 0 Å². The molecule has 8 aliphatic rings. The minimum atomic E-state index is -0.258. The summed E-state index contributed by atoms with van der Waals surface area (Å²) >= 11 is 0. The second-order valence-electron chi connectivity index (χ2n) is 15.1. The Morgan fingerprint density at radius 3 is 1.06 bits per heavy atom. The van der Waals surface area contributed by atoms with Crippen LogP contribution in [0.5, 0.6) is 11.5 Å². The van der Waals surface area contributed by atoms with Gasteiger partial charge < -0.3 is 67.6 Å². The summed E-state index contributed by atoms with van der Waals surface area (Å²) in [6, 6.07) is 12.7. The Labute approximate surface area is 349 Å². The number of benzene rings is 2. The van der Waals surface area contributed by atoms with Crippen LogP contribution < -0.4 is 56.5 Å². The van der Waals surface area contributed by atoms with Gasteiger partial charge in [-0.15, -0.1) is 0 Å². The summed E-state index contributed by atoms with van der Waals surface area (Å²) in [7, 11) is 0. The van der Waals surface area contributed by atoms with E-state index in [0.717, 1.165) is 74.0 Å². The van der Waals surface area contributed by atoms with Crippen LogP contribution in [-0.4, -0.2) is 57.5 Å². The number of carbonyl (C=O) groups excluding carboxylic acids is 2. The van der Waals surface area contributed by atoms with E-state index >= 15 is 0 Å². The van der Waals surface area contributed by atoms with Crippen molar-refractivity contribution in [1.82, 2.24) is 21.5 Å². The van der Waals surface area contributed by atoms with Gasteiger partial charge in [-0.1, -0.05) is 60.0 Å². The molecule has 0 spiro atoms. The van der Waals surface area contributed by atoms with Gasteiger partial charge in [0, 0.05) is 11.1 Å². The molecule has 0 aliphatic heterocycles. The van der Waals surface area contributed by atoms with E-state index in [0.29, 0.717) is 11.1 Å².